The normalized spacial score (nSPS) is 18.2. The number of hydrogen-bond donors (Lipinski definition) is 0. The number of rotatable bonds is 1. The van der Waals surface area contributed by atoms with Gasteiger partial charge in [-0.2, -0.15) is 5.10 Å². The minimum absolute atomic E-state index is 0.333. The summed E-state index contributed by atoms with van der Waals surface area (Å²) in [5.41, 5.74) is 4.88. The van der Waals surface area contributed by atoms with Gasteiger partial charge < -0.3 is 0 Å². The van der Waals surface area contributed by atoms with Crippen LogP contribution in [0, 0.1) is 0 Å². The number of fused-ring (bicyclic) bond motifs is 1. The number of benzene rings is 2. The molecule has 1 heterocycles. The first-order chi connectivity index (χ1) is 8.77. The van der Waals surface area contributed by atoms with Crippen LogP contribution in [-0.4, -0.2) is 12.8 Å². The molecule has 0 spiro atoms. The van der Waals surface area contributed by atoms with Gasteiger partial charge in [0.1, 0.15) is 0 Å². The Kier molecular flexibility index (Phi) is 2.63. The monoisotopic (exact) mass is 236 g/mol. The summed E-state index contributed by atoms with van der Waals surface area (Å²) in [5, 5.41) is 6.69. The summed E-state index contributed by atoms with van der Waals surface area (Å²) in [6.07, 6.45) is 0. The molecule has 0 aliphatic carbocycles. The topological polar surface area (TPSA) is 15.6 Å². The van der Waals surface area contributed by atoms with Crippen LogP contribution in [-0.2, 0) is 0 Å². The van der Waals surface area contributed by atoms with E-state index < -0.39 is 0 Å². The summed E-state index contributed by atoms with van der Waals surface area (Å²) < 4.78 is 0. The van der Waals surface area contributed by atoms with Gasteiger partial charge in [-0.05, 0) is 17.2 Å². The highest BCUT2D eigenvalue weighted by Gasteiger charge is 2.24. The maximum Gasteiger partial charge on any atom is 0.0754 e. The molecule has 0 aromatic heterocycles. The highest BCUT2D eigenvalue weighted by molar-refractivity contribution is 6.07. The van der Waals surface area contributed by atoms with Crippen molar-refractivity contribution in [1.82, 2.24) is 0 Å². The van der Waals surface area contributed by atoms with Crippen molar-refractivity contribution in [2.45, 2.75) is 12.8 Å². The molecule has 0 unspecified atom stereocenters. The van der Waals surface area contributed by atoms with Gasteiger partial charge in [0.15, 0.2) is 0 Å². The molecule has 1 aliphatic heterocycles. The summed E-state index contributed by atoms with van der Waals surface area (Å²) in [4.78, 5) is 0. The maximum absolute atomic E-state index is 4.72. The predicted molar refractivity (Wildman–Crippen MR) is 76.2 cm³/mol. The molecule has 1 atom stereocenters. The first-order valence-electron chi connectivity index (χ1n) is 6.24. The van der Waals surface area contributed by atoms with Gasteiger partial charge >= 0.3 is 0 Å². The molecule has 1 aliphatic rings. The Labute approximate surface area is 108 Å². The van der Waals surface area contributed by atoms with Crippen LogP contribution >= 0.6 is 0 Å². The molecule has 2 heteroatoms. The first kappa shape index (κ1) is 11.0. The van der Waals surface area contributed by atoms with E-state index in [2.05, 4.69) is 55.5 Å². The van der Waals surface area contributed by atoms with Crippen molar-refractivity contribution < 1.29 is 0 Å². The number of anilines is 1. The third-order valence-electron chi connectivity index (χ3n) is 3.49. The van der Waals surface area contributed by atoms with Crippen LogP contribution in [0.5, 0.6) is 0 Å². The van der Waals surface area contributed by atoms with Crippen molar-refractivity contribution in [2.24, 2.45) is 5.10 Å². The maximum atomic E-state index is 4.72. The third kappa shape index (κ3) is 1.70. The molecule has 2 aromatic rings. The molecular formula is C16H16N2. The fourth-order valence-corrected chi connectivity index (χ4v) is 2.51. The lowest BCUT2D eigenvalue weighted by atomic mass is 9.89. The number of para-hydroxylation sites is 1. The number of hydrogen-bond acceptors (Lipinski definition) is 2. The summed E-state index contributed by atoms with van der Waals surface area (Å²) in [7, 11) is 2.01. The minimum Gasteiger partial charge on any atom is -0.268 e. The van der Waals surface area contributed by atoms with Gasteiger partial charge in [0, 0.05) is 13.0 Å². The van der Waals surface area contributed by atoms with Gasteiger partial charge in [0.05, 0.1) is 11.4 Å². The number of hydrazone groups is 1. The van der Waals surface area contributed by atoms with Gasteiger partial charge in [-0.1, -0.05) is 55.5 Å². The van der Waals surface area contributed by atoms with Crippen LogP contribution < -0.4 is 5.01 Å². The van der Waals surface area contributed by atoms with Gasteiger partial charge in [0.25, 0.3) is 0 Å². The fraction of sp³-hybridized carbons (Fsp3) is 0.188. The number of nitrogens with zero attached hydrogens (tertiary/aromatic N) is 2. The Morgan fingerprint density at radius 2 is 1.61 bits per heavy atom. The first-order valence-corrected chi connectivity index (χ1v) is 6.24. The second-order valence-electron chi connectivity index (χ2n) is 4.66. The van der Waals surface area contributed by atoms with Crippen molar-refractivity contribution in [3.8, 4) is 0 Å². The van der Waals surface area contributed by atoms with Crippen molar-refractivity contribution in [3.05, 3.63) is 65.7 Å². The van der Waals surface area contributed by atoms with Crippen molar-refractivity contribution in [2.75, 3.05) is 12.1 Å². The van der Waals surface area contributed by atoms with Gasteiger partial charge in [-0.15, -0.1) is 0 Å². The van der Waals surface area contributed by atoms with Gasteiger partial charge in [-0.25, -0.2) is 0 Å². The van der Waals surface area contributed by atoms with Crippen molar-refractivity contribution >= 4 is 11.4 Å². The predicted octanol–water partition coefficient (Wildman–Crippen LogP) is 3.64. The zero-order valence-corrected chi connectivity index (χ0v) is 10.7. The van der Waals surface area contributed by atoms with Crippen LogP contribution in [0.3, 0.4) is 0 Å². The highest BCUT2D eigenvalue weighted by atomic mass is 15.4. The van der Waals surface area contributed by atoms with Crippen LogP contribution in [0.4, 0.5) is 5.69 Å². The molecule has 0 saturated heterocycles. The molecule has 18 heavy (non-hydrogen) atoms. The van der Waals surface area contributed by atoms with E-state index in [-0.39, 0.29) is 0 Å². The van der Waals surface area contributed by atoms with E-state index in [0.29, 0.717) is 5.92 Å². The molecule has 3 rings (SSSR count). The van der Waals surface area contributed by atoms with Gasteiger partial charge in [-0.3, -0.25) is 5.01 Å². The average Bonchev–Trinajstić information content (AvgIpc) is 2.44. The molecule has 0 fully saturated rings. The quantitative estimate of drug-likeness (QED) is 0.738. The lowest BCUT2D eigenvalue weighted by molar-refractivity contribution is 0.894. The molecule has 0 bridgehead atoms. The van der Waals surface area contributed by atoms with E-state index in [0.717, 1.165) is 5.71 Å². The fourth-order valence-electron chi connectivity index (χ4n) is 2.51. The molecule has 0 radical (unpaired) electrons. The zero-order chi connectivity index (χ0) is 12.5. The Hall–Kier alpha value is -2.09. The van der Waals surface area contributed by atoms with Crippen LogP contribution in [0.15, 0.2) is 59.7 Å². The molecule has 0 N–H and O–H groups in total. The standard InChI is InChI=1S/C16H16N2/c1-12-14-10-6-7-11-15(14)18(2)17-16(12)13-8-4-3-5-9-13/h3-12H,1-2H3/t12-/m0/s1. The van der Waals surface area contributed by atoms with E-state index in [1.54, 1.807) is 0 Å². The molecule has 90 valence electrons. The highest BCUT2D eigenvalue weighted by Crippen LogP contribution is 2.34. The van der Waals surface area contributed by atoms with E-state index in [1.807, 2.05) is 18.1 Å². The third-order valence-corrected chi connectivity index (χ3v) is 3.49. The van der Waals surface area contributed by atoms with Crippen molar-refractivity contribution in [3.63, 3.8) is 0 Å². The van der Waals surface area contributed by atoms with E-state index in [1.165, 1.54) is 16.8 Å². The lowest BCUT2D eigenvalue weighted by Gasteiger charge is -2.29. The minimum atomic E-state index is 0.333. The van der Waals surface area contributed by atoms with E-state index in [9.17, 15) is 0 Å². The molecule has 2 nitrogen and oxygen atoms in total. The molecular weight excluding hydrogens is 220 g/mol. The Morgan fingerprint density at radius 1 is 0.944 bits per heavy atom. The summed E-state index contributed by atoms with van der Waals surface area (Å²) in [6, 6.07) is 18.9. The smallest absolute Gasteiger partial charge is 0.0754 e. The van der Waals surface area contributed by atoms with E-state index in [4.69, 9.17) is 5.10 Å². The van der Waals surface area contributed by atoms with Crippen LogP contribution in [0.2, 0.25) is 0 Å². The van der Waals surface area contributed by atoms with Gasteiger partial charge in [0.2, 0.25) is 0 Å². The van der Waals surface area contributed by atoms with Crippen LogP contribution in [0.1, 0.15) is 24.0 Å². The van der Waals surface area contributed by atoms with E-state index >= 15 is 0 Å². The summed E-state index contributed by atoms with van der Waals surface area (Å²) >= 11 is 0. The molecule has 2 aromatic carbocycles. The Bertz CT molecular complexity index is 587. The summed E-state index contributed by atoms with van der Waals surface area (Å²) in [5.74, 6) is 0.333. The largest absolute Gasteiger partial charge is 0.268 e. The Balaban J connectivity index is 2.10. The average molecular weight is 236 g/mol. The summed E-state index contributed by atoms with van der Waals surface area (Å²) in [6.45, 7) is 2.22. The second-order valence-corrected chi connectivity index (χ2v) is 4.66. The zero-order valence-electron chi connectivity index (χ0n) is 10.7. The molecule has 0 saturated carbocycles. The Morgan fingerprint density at radius 3 is 2.39 bits per heavy atom. The molecule has 0 amide bonds. The lowest BCUT2D eigenvalue weighted by Crippen LogP contribution is -2.25. The van der Waals surface area contributed by atoms with Crippen molar-refractivity contribution in [1.29, 1.82) is 0 Å². The van der Waals surface area contributed by atoms with Crippen LogP contribution in [0.25, 0.3) is 0 Å². The second kappa shape index (κ2) is 4.30. The SMILES string of the molecule is C[C@@H]1C(c2ccccc2)=NN(C)c2ccccc21.